The van der Waals surface area contributed by atoms with Crippen LogP contribution >= 0.6 is 11.3 Å². The van der Waals surface area contributed by atoms with Gasteiger partial charge in [0.25, 0.3) is 0 Å². The number of aryl methyl sites for hydroxylation is 1. The van der Waals surface area contributed by atoms with Crippen molar-refractivity contribution in [3.63, 3.8) is 0 Å². The van der Waals surface area contributed by atoms with Gasteiger partial charge in [0.15, 0.2) is 0 Å². The summed E-state index contributed by atoms with van der Waals surface area (Å²) < 4.78 is 15.4. The van der Waals surface area contributed by atoms with E-state index in [1.807, 2.05) is 11.3 Å². The first-order chi connectivity index (χ1) is 12.8. The second-order valence-electron chi connectivity index (χ2n) is 8.58. The van der Waals surface area contributed by atoms with Crippen LogP contribution in [0.4, 0.5) is 0 Å². The zero-order valence-corrected chi connectivity index (χ0v) is 17.2. The van der Waals surface area contributed by atoms with Crippen LogP contribution in [-0.2, 0) is 9.31 Å². The largest absolute Gasteiger partial charge is 0.496 e. The van der Waals surface area contributed by atoms with Gasteiger partial charge in [-0.05, 0) is 57.0 Å². The van der Waals surface area contributed by atoms with Crippen molar-refractivity contribution >= 4 is 54.9 Å². The Morgan fingerprint density at radius 2 is 1.56 bits per heavy atom. The third-order valence-electron chi connectivity index (χ3n) is 6.16. The van der Waals surface area contributed by atoms with E-state index in [4.69, 9.17) is 9.31 Å². The number of fused-ring (bicyclic) bond motifs is 5. The Bertz CT molecular complexity index is 1190. The van der Waals surface area contributed by atoms with E-state index in [-0.39, 0.29) is 18.3 Å². The molecule has 136 valence electrons. The van der Waals surface area contributed by atoms with E-state index in [1.54, 1.807) is 0 Å². The maximum Gasteiger partial charge on any atom is 0.496 e. The molecule has 5 rings (SSSR count). The molecule has 0 N–H and O–H groups in total. The minimum atomic E-state index is -0.351. The summed E-state index contributed by atoms with van der Waals surface area (Å²) in [6.45, 7) is 10.6. The van der Waals surface area contributed by atoms with Crippen molar-refractivity contribution < 1.29 is 9.31 Å². The Kier molecular flexibility index (Phi) is 3.56. The van der Waals surface area contributed by atoms with Gasteiger partial charge in [-0.15, -0.1) is 11.3 Å². The second-order valence-corrected chi connectivity index (χ2v) is 9.63. The minimum Gasteiger partial charge on any atom is -0.399 e. The van der Waals surface area contributed by atoms with Crippen molar-refractivity contribution in [2.45, 2.75) is 45.8 Å². The van der Waals surface area contributed by atoms with Crippen LogP contribution in [0.2, 0.25) is 0 Å². The maximum absolute atomic E-state index is 6.41. The molecule has 1 fully saturated rings. The van der Waals surface area contributed by atoms with E-state index >= 15 is 0 Å². The summed E-state index contributed by atoms with van der Waals surface area (Å²) in [5.74, 6) is 0. The maximum atomic E-state index is 6.41. The van der Waals surface area contributed by atoms with Crippen LogP contribution in [0.15, 0.2) is 48.5 Å². The zero-order chi connectivity index (χ0) is 19.0. The highest BCUT2D eigenvalue weighted by molar-refractivity contribution is 7.27. The lowest BCUT2D eigenvalue weighted by Gasteiger charge is -2.32. The molecule has 3 aromatic carbocycles. The van der Waals surface area contributed by atoms with Gasteiger partial charge in [-0.2, -0.15) is 0 Å². The highest BCUT2D eigenvalue weighted by Gasteiger charge is 2.52. The van der Waals surface area contributed by atoms with Crippen LogP contribution in [0.1, 0.15) is 33.3 Å². The Hall–Kier alpha value is -1.88. The number of hydrogen-bond donors (Lipinski definition) is 0. The molecule has 4 heteroatoms. The van der Waals surface area contributed by atoms with Crippen LogP contribution in [0.3, 0.4) is 0 Å². The third kappa shape index (κ3) is 2.47. The van der Waals surface area contributed by atoms with E-state index < -0.39 is 0 Å². The van der Waals surface area contributed by atoms with E-state index in [0.29, 0.717) is 0 Å². The molecule has 0 atom stereocenters. The normalized spacial score (nSPS) is 18.8. The fraction of sp³-hybridized carbons (Fsp3) is 0.304. The lowest BCUT2D eigenvalue weighted by molar-refractivity contribution is 0.00578. The smallest absolute Gasteiger partial charge is 0.399 e. The highest BCUT2D eigenvalue weighted by Crippen LogP contribution is 2.41. The molecule has 2 nitrogen and oxygen atoms in total. The predicted octanol–water partition coefficient (Wildman–Crippen LogP) is 5.82. The average molecular weight is 374 g/mol. The van der Waals surface area contributed by atoms with Gasteiger partial charge in [0, 0.05) is 25.6 Å². The van der Waals surface area contributed by atoms with Crippen LogP contribution < -0.4 is 5.46 Å². The molecule has 4 aromatic rings. The van der Waals surface area contributed by atoms with Gasteiger partial charge < -0.3 is 9.31 Å². The summed E-state index contributed by atoms with van der Waals surface area (Å²) in [6.07, 6.45) is 0. The standard InChI is InChI=1S/C23H23BO2S/c1-14-10-11-17-19(12-14)27-21-18(24-25-22(2,3)23(4,5)26-24)13-15-8-6-7-9-16(15)20(17)21/h6-13H,1-5H3. The van der Waals surface area contributed by atoms with Crippen molar-refractivity contribution in [2.24, 2.45) is 0 Å². The number of benzene rings is 3. The van der Waals surface area contributed by atoms with Crippen LogP contribution in [0.5, 0.6) is 0 Å². The molecule has 2 heterocycles. The lowest BCUT2D eigenvalue weighted by atomic mass is 9.77. The number of rotatable bonds is 1. The predicted molar refractivity (Wildman–Crippen MR) is 117 cm³/mol. The molecule has 27 heavy (non-hydrogen) atoms. The van der Waals surface area contributed by atoms with Gasteiger partial charge in [0.2, 0.25) is 0 Å². The van der Waals surface area contributed by atoms with E-state index in [2.05, 4.69) is 83.1 Å². The molecule has 0 amide bonds. The molecule has 1 aromatic heterocycles. The molecule has 0 saturated carbocycles. The molecule has 1 saturated heterocycles. The first-order valence-corrected chi connectivity index (χ1v) is 10.3. The number of thiophene rings is 1. The summed E-state index contributed by atoms with van der Waals surface area (Å²) in [4.78, 5) is 0. The second kappa shape index (κ2) is 5.57. The topological polar surface area (TPSA) is 18.5 Å². The fourth-order valence-corrected chi connectivity index (χ4v) is 5.24. The molecule has 0 unspecified atom stereocenters. The molecule has 0 spiro atoms. The Balaban J connectivity index is 1.86. The van der Waals surface area contributed by atoms with Crippen LogP contribution in [0.25, 0.3) is 30.9 Å². The van der Waals surface area contributed by atoms with E-state index in [1.165, 1.54) is 36.5 Å². The number of hydrogen-bond acceptors (Lipinski definition) is 3. The zero-order valence-electron chi connectivity index (χ0n) is 16.4. The highest BCUT2D eigenvalue weighted by atomic mass is 32.1. The van der Waals surface area contributed by atoms with Gasteiger partial charge in [-0.25, -0.2) is 0 Å². The van der Waals surface area contributed by atoms with Gasteiger partial charge in [0.1, 0.15) is 0 Å². The first kappa shape index (κ1) is 17.2. The van der Waals surface area contributed by atoms with Crippen LogP contribution in [0, 0.1) is 6.92 Å². The van der Waals surface area contributed by atoms with E-state index in [9.17, 15) is 0 Å². The monoisotopic (exact) mass is 374 g/mol. The summed E-state index contributed by atoms with van der Waals surface area (Å²) in [5, 5.41) is 5.16. The molecule has 1 aliphatic heterocycles. The Labute approximate surface area is 164 Å². The van der Waals surface area contributed by atoms with Gasteiger partial charge in [-0.1, -0.05) is 42.5 Å². The molecule has 1 aliphatic rings. The van der Waals surface area contributed by atoms with Crippen LogP contribution in [-0.4, -0.2) is 18.3 Å². The van der Waals surface area contributed by atoms with E-state index in [0.717, 1.165) is 5.46 Å². The van der Waals surface area contributed by atoms with Gasteiger partial charge >= 0.3 is 7.12 Å². The molecular weight excluding hydrogens is 351 g/mol. The van der Waals surface area contributed by atoms with Crippen molar-refractivity contribution in [1.29, 1.82) is 0 Å². The van der Waals surface area contributed by atoms with Crippen molar-refractivity contribution in [2.75, 3.05) is 0 Å². The van der Waals surface area contributed by atoms with Crippen molar-refractivity contribution in [3.05, 3.63) is 54.1 Å². The Morgan fingerprint density at radius 3 is 2.30 bits per heavy atom. The molecular formula is C23H23BO2S. The Morgan fingerprint density at radius 1 is 0.852 bits per heavy atom. The van der Waals surface area contributed by atoms with Crippen molar-refractivity contribution in [1.82, 2.24) is 0 Å². The van der Waals surface area contributed by atoms with Gasteiger partial charge in [-0.3, -0.25) is 0 Å². The first-order valence-electron chi connectivity index (χ1n) is 9.47. The summed E-state index contributed by atoms with van der Waals surface area (Å²) in [5.41, 5.74) is 1.74. The summed E-state index contributed by atoms with van der Waals surface area (Å²) in [7, 11) is -0.351. The summed E-state index contributed by atoms with van der Waals surface area (Å²) >= 11 is 1.84. The minimum absolute atomic E-state index is 0.344. The quantitative estimate of drug-likeness (QED) is 0.391. The molecule has 0 radical (unpaired) electrons. The lowest BCUT2D eigenvalue weighted by Crippen LogP contribution is -2.41. The molecule has 0 bridgehead atoms. The summed E-state index contributed by atoms with van der Waals surface area (Å²) in [6, 6.07) is 17.6. The molecule has 0 aliphatic carbocycles. The average Bonchev–Trinajstić information content (AvgIpc) is 3.08. The fourth-order valence-electron chi connectivity index (χ4n) is 3.90. The SMILES string of the molecule is Cc1ccc2c(c1)sc1c(B3OC(C)(C)C(C)(C)O3)cc3ccccc3c12. The van der Waals surface area contributed by atoms with Crippen molar-refractivity contribution in [3.8, 4) is 0 Å². The third-order valence-corrected chi connectivity index (χ3v) is 7.36. The van der Waals surface area contributed by atoms with Gasteiger partial charge in [0.05, 0.1) is 11.2 Å².